The number of hydrogen-bond donors (Lipinski definition) is 0. The molecular weight excluding hydrogens is 363 g/mol. The largest absolute Gasteiger partial charge is 0.468 e. The number of nitro groups is 1. The number of carbonyl (C=O) groups excluding carboxylic acids is 1. The van der Waals surface area contributed by atoms with Crippen molar-refractivity contribution in [3.63, 3.8) is 0 Å². The van der Waals surface area contributed by atoms with E-state index in [1.807, 2.05) is 0 Å². The van der Waals surface area contributed by atoms with Gasteiger partial charge in [-0.2, -0.15) is 0 Å². The van der Waals surface area contributed by atoms with Gasteiger partial charge in [0.2, 0.25) is 0 Å². The molecule has 138 valence electrons. The quantitative estimate of drug-likeness (QED) is 0.315. The molecule has 26 heavy (non-hydrogen) atoms. The Labute approximate surface area is 155 Å². The number of hydrogen-bond acceptors (Lipinski definition) is 5. The minimum atomic E-state index is -1.77. The number of methoxy groups -OCH3 is 1. The number of aromatic nitrogens is 1. The van der Waals surface area contributed by atoms with Gasteiger partial charge in [-0.3, -0.25) is 14.9 Å². The average Bonchev–Trinajstić information content (AvgIpc) is 2.63. The molecule has 1 aromatic carbocycles. The Morgan fingerprint density at radius 3 is 2.62 bits per heavy atom. The Hall–Kier alpha value is -2.54. The van der Waals surface area contributed by atoms with Gasteiger partial charge in [0.15, 0.2) is 0 Å². The second kappa shape index (κ2) is 8.23. The monoisotopic (exact) mass is 380 g/mol. The highest BCUT2D eigenvalue weighted by atomic mass is 35.5. The van der Waals surface area contributed by atoms with Gasteiger partial charge < -0.3 is 4.74 Å². The first kappa shape index (κ1) is 19.8. The lowest BCUT2D eigenvalue weighted by atomic mass is 9.72. The number of alkyl halides is 1. The smallest absolute Gasteiger partial charge is 0.322 e. The van der Waals surface area contributed by atoms with Crippen molar-refractivity contribution in [2.45, 2.75) is 25.2 Å². The van der Waals surface area contributed by atoms with Crippen LogP contribution in [0.1, 0.15) is 29.8 Å². The average molecular weight is 381 g/mol. The van der Waals surface area contributed by atoms with Gasteiger partial charge >= 0.3 is 5.97 Å². The van der Waals surface area contributed by atoms with Crippen molar-refractivity contribution in [3.05, 3.63) is 69.3 Å². The Kier molecular flexibility index (Phi) is 6.26. The van der Waals surface area contributed by atoms with E-state index in [0.717, 1.165) is 7.11 Å². The number of benzene rings is 1. The molecule has 0 saturated carbocycles. The van der Waals surface area contributed by atoms with Gasteiger partial charge in [-0.15, -0.1) is 11.6 Å². The molecule has 0 spiro atoms. The van der Waals surface area contributed by atoms with Crippen molar-refractivity contribution in [1.29, 1.82) is 0 Å². The van der Waals surface area contributed by atoms with E-state index in [4.69, 9.17) is 16.3 Å². The summed E-state index contributed by atoms with van der Waals surface area (Å²) in [6.07, 6.45) is 0.319. The minimum absolute atomic E-state index is 0.0153. The highest BCUT2D eigenvalue weighted by molar-refractivity contribution is 6.17. The number of halogens is 2. The molecule has 0 N–H and O–H groups in total. The van der Waals surface area contributed by atoms with Crippen molar-refractivity contribution < 1.29 is 18.8 Å². The lowest BCUT2D eigenvalue weighted by molar-refractivity contribution is -0.386. The van der Waals surface area contributed by atoms with E-state index in [1.54, 1.807) is 13.0 Å². The van der Waals surface area contributed by atoms with Crippen LogP contribution in [0.5, 0.6) is 0 Å². The first-order valence-electron chi connectivity index (χ1n) is 7.90. The summed E-state index contributed by atoms with van der Waals surface area (Å²) in [7, 11) is 1.15. The van der Waals surface area contributed by atoms with Crippen LogP contribution in [0.25, 0.3) is 0 Å². The van der Waals surface area contributed by atoms with Crippen LogP contribution in [0.2, 0.25) is 0 Å². The SMILES string of the molecule is COC(=O)C(CCCCl)(c1ccccc1F)c1nc(C)ccc1[N+](=O)[O-]. The number of nitrogens with zero attached hydrogens (tertiary/aromatic N) is 2. The maximum Gasteiger partial charge on any atom is 0.322 e. The van der Waals surface area contributed by atoms with Gasteiger partial charge in [0, 0.05) is 23.2 Å². The molecule has 2 rings (SSSR count). The van der Waals surface area contributed by atoms with Crippen molar-refractivity contribution >= 4 is 23.3 Å². The van der Waals surface area contributed by atoms with Crippen LogP contribution in [0.15, 0.2) is 36.4 Å². The first-order chi connectivity index (χ1) is 12.4. The molecule has 6 nitrogen and oxygen atoms in total. The molecule has 0 radical (unpaired) electrons. The molecule has 8 heteroatoms. The van der Waals surface area contributed by atoms with Crippen LogP contribution in [-0.4, -0.2) is 28.9 Å². The highest BCUT2D eigenvalue weighted by Crippen LogP contribution is 2.42. The van der Waals surface area contributed by atoms with E-state index in [2.05, 4.69) is 4.98 Å². The normalized spacial score (nSPS) is 13.1. The van der Waals surface area contributed by atoms with E-state index in [0.29, 0.717) is 12.1 Å². The number of esters is 1. The van der Waals surface area contributed by atoms with Crippen LogP contribution < -0.4 is 0 Å². The van der Waals surface area contributed by atoms with Gasteiger partial charge in [-0.25, -0.2) is 9.37 Å². The van der Waals surface area contributed by atoms with E-state index >= 15 is 0 Å². The summed E-state index contributed by atoms with van der Waals surface area (Å²) in [5.74, 6) is -1.31. The van der Waals surface area contributed by atoms with Crippen molar-refractivity contribution in [3.8, 4) is 0 Å². The molecule has 1 aromatic heterocycles. The number of pyridine rings is 1. The van der Waals surface area contributed by atoms with Gasteiger partial charge in [0.05, 0.1) is 12.0 Å². The van der Waals surface area contributed by atoms with E-state index in [-0.39, 0.29) is 29.2 Å². The molecule has 0 aliphatic carbocycles. The Balaban J connectivity index is 2.92. The summed E-state index contributed by atoms with van der Waals surface area (Å²) < 4.78 is 19.6. The fourth-order valence-electron chi connectivity index (χ4n) is 3.01. The number of ether oxygens (including phenoxy) is 1. The Morgan fingerprint density at radius 1 is 1.35 bits per heavy atom. The zero-order valence-corrected chi connectivity index (χ0v) is 15.1. The van der Waals surface area contributed by atoms with Gasteiger partial charge in [-0.1, -0.05) is 18.2 Å². The molecular formula is C18H18ClFN2O4. The van der Waals surface area contributed by atoms with E-state index in [1.165, 1.54) is 30.3 Å². The molecule has 1 heterocycles. The van der Waals surface area contributed by atoms with Crippen LogP contribution in [0.3, 0.4) is 0 Å². The molecule has 0 bridgehead atoms. The topological polar surface area (TPSA) is 82.3 Å². The third kappa shape index (κ3) is 3.53. The van der Waals surface area contributed by atoms with E-state index in [9.17, 15) is 19.3 Å². The van der Waals surface area contributed by atoms with Gasteiger partial charge in [0.1, 0.15) is 16.9 Å². The summed E-state index contributed by atoms with van der Waals surface area (Å²) in [6, 6.07) is 8.35. The Morgan fingerprint density at radius 2 is 2.04 bits per heavy atom. The molecule has 0 amide bonds. The predicted molar refractivity (Wildman–Crippen MR) is 94.8 cm³/mol. The van der Waals surface area contributed by atoms with Crippen LogP contribution >= 0.6 is 11.6 Å². The lowest BCUT2D eigenvalue weighted by Crippen LogP contribution is -2.41. The zero-order valence-electron chi connectivity index (χ0n) is 14.4. The summed E-state index contributed by atoms with van der Waals surface area (Å²) in [4.78, 5) is 28.1. The zero-order chi connectivity index (χ0) is 19.3. The summed E-state index contributed by atoms with van der Waals surface area (Å²) in [5.41, 5.74) is -1.87. The third-order valence-corrected chi connectivity index (χ3v) is 4.43. The molecule has 2 aromatic rings. The van der Waals surface area contributed by atoms with Crippen LogP contribution in [0, 0.1) is 22.9 Å². The van der Waals surface area contributed by atoms with Crippen LogP contribution in [0.4, 0.5) is 10.1 Å². The van der Waals surface area contributed by atoms with Crippen molar-refractivity contribution in [2.75, 3.05) is 13.0 Å². The second-order valence-corrected chi connectivity index (χ2v) is 6.12. The summed E-state index contributed by atoms with van der Waals surface area (Å²) >= 11 is 5.80. The molecule has 0 fully saturated rings. The van der Waals surface area contributed by atoms with Crippen molar-refractivity contribution in [1.82, 2.24) is 4.98 Å². The van der Waals surface area contributed by atoms with Crippen LogP contribution in [-0.2, 0) is 14.9 Å². The predicted octanol–water partition coefficient (Wildman–Crippen LogP) is 3.92. The van der Waals surface area contributed by atoms with Crippen molar-refractivity contribution in [2.24, 2.45) is 0 Å². The molecule has 0 aliphatic heterocycles. The highest BCUT2D eigenvalue weighted by Gasteiger charge is 2.49. The summed E-state index contributed by atoms with van der Waals surface area (Å²) in [5, 5.41) is 11.6. The van der Waals surface area contributed by atoms with Gasteiger partial charge in [0.25, 0.3) is 5.69 Å². The number of rotatable bonds is 7. The maximum atomic E-state index is 14.7. The Bertz CT molecular complexity index is 831. The minimum Gasteiger partial charge on any atom is -0.468 e. The number of carbonyl (C=O) groups is 1. The third-order valence-electron chi connectivity index (χ3n) is 4.17. The summed E-state index contributed by atoms with van der Waals surface area (Å²) in [6.45, 7) is 1.64. The fourth-order valence-corrected chi connectivity index (χ4v) is 3.15. The maximum absolute atomic E-state index is 14.7. The standard InChI is InChI=1S/C18H18ClFN2O4/c1-12-8-9-15(22(24)25)16(21-12)18(10-5-11-19,17(23)26-2)13-6-3-4-7-14(13)20/h3-4,6-9H,5,10-11H2,1-2H3. The molecule has 1 unspecified atom stereocenters. The lowest BCUT2D eigenvalue weighted by Gasteiger charge is -2.31. The fraction of sp³-hybridized carbons (Fsp3) is 0.333. The first-order valence-corrected chi connectivity index (χ1v) is 8.43. The second-order valence-electron chi connectivity index (χ2n) is 5.75. The van der Waals surface area contributed by atoms with E-state index < -0.39 is 22.1 Å². The molecule has 0 aliphatic rings. The number of aryl methyl sites for hydroxylation is 1. The molecule has 0 saturated heterocycles. The van der Waals surface area contributed by atoms with Gasteiger partial charge in [-0.05, 0) is 31.9 Å². The molecule has 1 atom stereocenters.